The van der Waals surface area contributed by atoms with Gasteiger partial charge in [0.2, 0.25) is 0 Å². The van der Waals surface area contributed by atoms with Crippen LogP contribution in [0.4, 0.5) is 0 Å². The van der Waals surface area contributed by atoms with Crippen LogP contribution in [0.5, 0.6) is 0 Å². The largest absolute Gasteiger partial charge is 0.361 e. The van der Waals surface area contributed by atoms with E-state index >= 15 is 0 Å². The number of rotatable bonds is 14. The van der Waals surface area contributed by atoms with Crippen LogP contribution in [0.15, 0.2) is 122 Å². The molecule has 3 heterocycles. The predicted molar refractivity (Wildman–Crippen MR) is 204 cm³/mol. The quantitative estimate of drug-likeness (QED) is 0.0650. The lowest BCUT2D eigenvalue weighted by atomic mass is 9.80. The third kappa shape index (κ3) is 7.68. The molecule has 1 aliphatic carbocycles. The van der Waals surface area contributed by atoms with Crippen LogP contribution in [0.2, 0.25) is 25.7 Å². The molecule has 1 aliphatic rings. The molecule has 0 bridgehead atoms. The fourth-order valence-corrected chi connectivity index (χ4v) is 8.01. The zero-order valence-electron chi connectivity index (χ0n) is 29.6. The zero-order valence-corrected chi connectivity index (χ0v) is 30.6. The summed E-state index contributed by atoms with van der Waals surface area (Å²) in [6.07, 6.45) is 13.5. The summed E-state index contributed by atoms with van der Waals surface area (Å²) < 4.78 is 17.3. The summed E-state index contributed by atoms with van der Waals surface area (Å²) >= 11 is 0. The maximum Gasteiger partial charge on any atom is 0.164 e. The van der Waals surface area contributed by atoms with Crippen LogP contribution in [-0.2, 0) is 21.8 Å². The zero-order chi connectivity index (χ0) is 34.4. The summed E-state index contributed by atoms with van der Waals surface area (Å²) in [5.74, 6) is 1.32. The van der Waals surface area contributed by atoms with E-state index in [0.29, 0.717) is 31.1 Å². The average Bonchev–Trinajstić information content (AvgIpc) is 3.81. The summed E-state index contributed by atoms with van der Waals surface area (Å²) in [7, 11) is -1.13. The van der Waals surface area contributed by atoms with Gasteiger partial charge in [0, 0.05) is 45.3 Å². The number of fused-ring (bicyclic) bond motifs is 1. The van der Waals surface area contributed by atoms with Crippen LogP contribution in [0, 0.1) is 5.92 Å². The molecule has 0 aliphatic heterocycles. The molecule has 1 saturated carbocycles. The third-order valence-electron chi connectivity index (χ3n) is 10.2. The molecule has 50 heavy (non-hydrogen) atoms. The molecule has 7 rings (SSSR count). The first kappa shape index (κ1) is 34.1. The van der Waals surface area contributed by atoms with E-state index in [0.717, 1.165) is 78.0 Å². The standard InChI is InChI=1S/C42H49N5O2Si/c1-50(2,3)28-27-48-32-46-25-23-34-29-43-40(45-41(34)46)35-30-44-47(31-35)39-21-19-33(20-22-39)24-26-49-42(36-13-7-4-8-14-36,37-15-9-5-10-16-37)38-17-11-6-12-18-38/h4-18,23,25,29-31,33,39H,19-22,24,26-28,32H2,1-3H3/t33-,39+. The lowest BCUT2D eigenvalue weighted by molar-refractivity contribution is 0.00269. The molecule has 0 spiro atoms. The summed E-state index contributed by atoms with van der Waals surface area (Å²) in [6.45, 7) is 9.09. The molecule has 1 fully saturated rings. The van der Waals surface area contributed by atoms with Gasteiger partial charge in [0.15, 0.2) is 5.82 Å². The van der Waals surface area contributed by atoms with E-state index in [-0.39, 0.29) is 0 Å². The molecule has 0 unspecified atom stereocenters. The second kappa shape index (κ2) is 15.3. The summed E-state index contributed by atoms with van der Waals surface area (Å²) in [6, 6.07) is 35.6. The Morgan fingerprint density at radius 3 is 1.98 bits per heavy atom. The topological polar surface area (TPSA) is 67.0 Å². The van der Waals surface area contributed by atoms with Crippen LogP contribution in [0.3, 0.4) is 0 Å². The Hall–Kier alpha value is -4.37. The van der Waals surface area contributed by atoms with Crippen molar-refractivity contribution >= 4 is 19.1 Å². The average molecular weight is 684 g/mol. The molecule has 0 N–H and O–H groups in total. The van der Waals surface area contributed by atoms with Crippen LogP contribution in [-0.4, -0.2) is 45.6 Å². The Bertz CT molecular complexity index is 1850. The van der Waals surface area contributed by atoms with Crippen molar-refractivity contribution in [2.24, 2.45) is 5.92 Å². The second-order valence-electron chi connectivity index (χ2n) is 14.9. The highest BCUT2D eigenvalue weighted by molar-refractivity contribution is 6.76. The molecule has 0 radical (unpaired) electrons. The molecule has 6 aromatic rings. The highest BCUT2D eigenvalue weighted by Gasteiger charge is 2.37. The van der Waals surface area contributed by atoms with Crippen LogP contribution in [0.25, 0.3) is 22.4 Å². The van der Waals surface area contributed by atoms with Gasteiger partial charge >= 0.3 is 0 Å². The maximum atomic E-state index is 7.09. The van der Waals surface area contributed by atoms with E-state index in [1.165, 1.54) is 0 Å². The van der Waals surface area contributed by atoms with E-state index in [1.807, 2.05) is 18.6 Å². The number of ether oxygens (including phenoxy) is 2. The van der Waals surface area contributed by atoms with Crippen molar-refractivity contribution in [2.75, 3.05) is 13.2 Å². The molecule has 258 valence electrons. The van der Waals surface area contributed by atoms with E-state index in [2.05, 4.69) is 137 Å². The van der Waals surface area contributed by atoms with E-state index in [1.54, 1.807) is 0 Å². The van der Waals surface area contributed by atoms with Crippen molar-refractivity contribution in [3.63, 3.8) is 0 Å². The molecular weight excluding hydrogens is 635 g/mol. The molecular formula is C42H49N5O2Si. The summed E-state index contributed by atoms with van der Waals surface area (Å²) in [4.78, 5) is 9.62. The van der Waals surface area contributed by atoms with E-state index < -0.39 is 13.7 Å². The minimum Gasteiger partial charge on any atom is -0.361 e. The van der Waals surface area contributed by atoms with Crippen molar-refractivity contribution < 1.29 is 9.47 Å². The Morgan fingerprint density at radius 1 is 0.760 bits per heavy atom. The Labute approximate surface area is 297 Å². The Kier molecular flexibility index (Phi) is 10.4. The van der Waals surface area contributed by atoms with Crippen molar-refractivity contribution in [1.29, 1.82) is 0 Å². The molecule has 7 nitrogen and oxygen atoms in total. The van der Waals surface area contributed by atoms with Gasteiger partial charge in [-0.1, -0.05) is 111 Å². The first-order valence-electron chi connectivity index (χ1n) is 18.1. The highest BCUT2D eigenvalue weighted by Crippen LogP contribution is 2.41. The van der Waals surface area contributed by atoms with Gasteiger partial charge < -0.3 is 14.0 Å². The minimum atomic E-state index is -1.13. The highest BCUT2D eigenvalue weighted by atomic mass is 28.3. The van der Waals surface area contributed by atoms with Crippen molar-refractivity contribution in [2.45, 2.75) is 76.2 Å². The Morgan fingerprint density at radius 2 is 1.38 bits per heavy atom. The lowest BCUT2D eigenvalue weighted by Crippen LogP contribution is -2.34. The first-order chi connectivity index (χ1) is 24.4. The Balaban J connectivity index is 0.984. The molecule has 0 atom stereocenters. The third-order valence-corrected chi connectivity index (χ3v) is 11.9. The first-order valence-corrected chi connectivity index (χ1v) is 21.8. The molecule has 0 amide bonds. The maximum absolute atomic E-state index is 7.09. The van der Waals surface area contributed by atoms with Gasteiger partial charge in [-0.2, -0.15) is 5.10 Å². The number of aromatic nitrogens is 5. The number of nitrogens with zero attached hydrogens (tertiary/aromatic N) is 5. The summed E-state index contributed by atoms with van der Waals surface area (Å²) in [5, 5.41) is 5.81. The second-order valence-corrected chi connectivity index (χ2v) is 20.5. The van der Waals surface area contributed by atoms with Crippen molar-refractivity contribution in [3.05, 3.63) is 139 Å². The number of benzene rings is 3. The predicted octanol–water partition coefficient (Wildman–Crippen LogP) is 9.74. The van der Waals surface area contributed by atoms with Gasteiger partial charge in [0.1, 0.15) is 18.0 Å². The molecule has 8 heteroatoms. The smallest absolute Gasteiger partial charge is 0.164 e. The monoisotopic (exact) mass is 683 g/mol. The fourth-order valence-electron chi connectivity index (χ4n) is 7.25. The van der Waals surface area contributed by atoms with Gasteiger partial charge in [-0.15, -0.1) is 0 Å². The fraction of sp³-hybridized carbons (Fsp3) is 0.357. The molecule has 3 aromatic carbocycles. The van der Waals surface area contributed by atoms with Crippen LogP contribution >= 0.6 is 0 Å². The van der Waals surface area contributed by atoms with Crippen molar-refractivity contribution in [3.8, 4) is 11.4 Å². The van der Waals surface area contributed by atoms with Crippen LogP contribution < -0.4 is 0 Å². The van der Waals surface area contributed by atoms with Gasteiger partial charge in [-0.05, 0) is 66.8 Å². The van der Waals surface area contributed by atoms with Gasteiger partial charge in [-0.25, -0.2) is 9.97 Å². The van der Waals surface area contributed by atoms with E-state index in [9.17, 15) is 0 Å². The van der Waals surface area contributed by atoms with E-state index in [4.69, 9.17) is 19.6 Å². The molecule has 0 saturated heterocycles. The van der Waals surface area contributed by atoms with Gasteiger partial charge in [0.25, 0.3) is 0 Å². The lowest BCUT2D eigenvalue weighted by Gasteiger charge is -2.37. The van der Waals surface area contributed by atoms with Crippen LogP contribution in [0.1, 0.15) is 54.8 Å². The normalized spacial score (nSPS) is 16.9. The number of hydrogen-bond acceptors (Lipinski definition) is 5. The van der Waals surface area contributed by atoms with Crippen molar-refractivity contribution in [1.82, 2.24) is 24.3 Å². The van der Waals surface area contributed by atoms with Gasteiger partial charge in [-0.3, -0.25) is 4.68 Å². The van der Waals surface area contributed by atoms with Gasteiger partial charge in [0.05, 0.1) is 17.8 Å². The molecule has 3 aromatic heterocycles. The summed E-state index contributed by atoms with van der Waals surface area (Å²) in [5.41, 5.74) is 4.64. The number of hydrogen-bond donors (Lipinski definition) is 0. The SMILES string of the molecule is C[Si](C)(C)CCOCn1ccc2cnc(-c3cnn([C@H]4CC[C@@H](CCOC(c5ccccc5)(c5ccccc5)c5ccccc5)CC4)c3)nc21. The minimum absolute atomic E-state index is 0.380.